The number of amides is 1. The Bertz CT molecular complexity index is 515. The normalized spacial score (nSPS) is 12.1. The van der Waals surface area contributed by atoms with Crippen LogP contribution >= 0.6 is 11.6 Å². The van der Waals surface area contributed by atoms with Crippen molar-refractivity contribution in [3.63, 3.8) is 0 Å². The molecule has 1 aromatic heterocycles. The average Bonchev–Trinajstić information content (AvgIpc) is 2.97. The van der Waals surface area contributed by atoms with Gasteiger partial charge in [-0.15, -0.1) is 21.8 Å². The van der Waals surface area contributed by atoms with Crippen molar-refractivity contribution >= 4 is 23.2 Å². The molecule has 1 amide bonds. The van der Waals surface area contributed by atoms with Gasteiger partial charge in [-0.05, 0) is 18.6 Å². The number of rotatable bonds is 5. The van der Waals surface area contributed by atoms with Gasteiger partial charge in [0.2, 0.25) is 5.91 Å². The quantitative estimate of drug-likeness (QED) is 0.789. The lowest BCUT2D eigenvalue weighted by Crippen LogP contribution is -2.37. The van der Waals surface area contributed by atoms with Gasteiger partial charge in [0.1, 0.15) is 24.7 Å². The molecule has 100 valence electrons. The number of alkyl halides is 1. The molecule has 1 aromatic carbocycles. The molecule has 0 saturated heterocycles. The van der Waals surface area contributed by atoms with Crippen molar-refractivity contribution in [2.24, 2.45) is 0 Å². The summed E-state index contributed by atoms with van der Waals surface area (Å²) in [5.41, 5.74) is 0.806. The van der Waals surface area contributed by atoms with Crippen LogP contribution in [-0.2, 0) is 11.5 Å². The van der Waals surface area contributed by atoms with Crippen LogP contribution in [0.5, 0.6) is 0 Å². The Morgan fingerprint density at radius 1 is 1.32 bits per heavy atom. The van der Waals surface area contributed by atoms with Crippen LogP contribution in [0.15, 0.2) is 43.0 Å². The standard InChI is InChI=1S/C13H15ClN4O/c1-2-12(14)13(19)18(10-17-8-15-16-9-17)11-6-4-3-5-7-11/h3-9,12H,2,10H2,1H3. The fraction of sp³-hybridized carbons (Fsp3) is 0.308. The lowest BCUT2D eigenvalue weighted by Gasteiger charge is -2.24. The van der Waals surface area contributed by atoms with E-state index in [-0.39, 0.29) is 5.91 Å². The fourth-order valence-corrected chi connectivity index (χ4v) is 1.81. The average molecular weight is 279 g/mol. The molecule has 0 fully saturated rings. The van der Waals surface area contributed by atoms with E-state index in [1.54, 1.807) is 22.1 Å². The smallest absolute Gasteiger partial charge is 0.246 e. The highest BCUT2D eigenvalue weighted by molar-refractivity contribution is 6.32. The first-order chi connectivity index (χ1) is 9.22. The molecule has 5 nitrogen and oxygen atoms in total. The largest absolute Gasteiger partial charge is 0.301 e. The van der Waals surface area contributed by atoms with Crippen LogP contribution in [0, 0.1) is 0 Å². The molecule has 0 saturated carbocycles. The van der Waals surface area contributed by atoms with Gasteiger partial charge in [-0.2, -0.15) is 0 Å². The van der Waals surface area contributed by atoms with Crippen LogP contribution in [0.25, 0.3) is 0 Å². The molecule has 0 aliphatic carbocycles. The third-order valence-electron chi connectivity index (χ3n) is 2.73. The summed E-state index contributed by atoms with van der Waals surface area (Å²) in [6.07, 6.45) is 3.72. The molecule has 2 rings (SSSR count). The van der Waals surface area contributed by atoms with E-state index in [1.165, 1.54) is 0 Å². The summed E-state index contributed by atoms with van der Waals surface area (Å²) < 4.78 is 1.73. The predicted molar refractivity (Wildman–Crippen MR) is 73.9 cm³/mol. The molecule has 0 spiro atoms. The van der Waals surface area contributed by atoms with Gasteiger partial charge in [0.05, 0.1) is 0 Å². The maximum atomic E-state index is 12.3. The van der Waals surface area contributed by atoms with Crippen LogP contribution in [0.3, 0.4) is 0 Å². The molecule has 0 aliphatic heterocycles. The second kappa shape index (κ2) is 6.33. The molecule has 0 bridgehead atoms. The van der Waals surface area contributed by atoms with Gasteiger partial charge in [-0.25, -0.2) is 0 Å². The van der Waals surface area contributed by atoms with Gasteiger partial charge in [-0.3, -0.25) is 9.69 Å². The van der Waals surface area contributed by atoms with E-state index in [2.05, 4.69) is 10.2 Å². The minimum atomic E-state index is -0.531. The lowest BCUT2D eigenvalue weighted by molar-refractivity contribution is -0.118. The Hall–Kier alpha value is -1.88. The highest BCUT2D eigenvalue weighted by atomic mass is 35.5. The van der Waals surface area contributed by atoms with E-state index in [9.17, 15) is 4.79 Å². The summed E-state index contributed by atoms with van der Waals surface area (Å²) in [7, 11) is 0. The number of halogens is 1. The van der Waals surface area contributed by atoms with Crippen LogP contribution in [-0.4, -0.2) is 26.0 Å². The van der Waals surface area contributed by atoms with E-state index in [0.29, 0.717) is 13.1 Å². The molecule has 0 radical (unpaired) electrons. The number of benzene rings is 1. The van der Waals surface area contributed by atoms with Crippen molar-refractivity contribution in [2.75, 3.05) is 4.90 Å². The number of carbonyl (C=O) groups is 1. The van der Waals surface area contributed by atoms with Crippen molar-refractivity contribution in [2.45, 2.75) is 25.4 Å². The van der Waals surface area contributed by atoms with E-state index < -0.39 is 5.38 Å². The van der Waals surface area contributed by atoms with Crippen LogP contribution in [0.1, 0.15) is 13.3 Å². The number of anilines is 1. The minimum Gasteiger partial charge on any atom is -0.301 e. The van der Waals surface area contributed by atoms with Gasteiger partial charge in [0.25, 0.3) is 0 Å². The molecule has 19 heavy (non-hydrogen) atoms. The van der Waals surface area contributed by atoms with Crippen LogP contribution in [0.2, 0.25) is 0 Å². The number of hydrogen-bond acceptors (Lipinski definition) is 3. The molecule has 1 heterocycles. The van der Waals surface area contributed by atoms with Gasteiger partial charge in [-0.1, -0.05) is 25.1 Å². The second-order valence-electron chi connectivity index (χ2n) is 4.10. The number of aromatic nitrogens is 3. The highest BCUT2D eigenvalue weighted by Gasteiger charge is 2.22. The molecular formula is C13H15ClN4O. The SMILES string of the molecule is CCC(Cl)C(=O)N(Cn1cnnc1)c1ccccc1. The van der Waals surface area contributed by atoms with E-state index in [4.69, 9.17) is 11.6 Å². The summed E-state index contributed by atoms with van der Waals surface area (Å²) in [5.74, 6) is -0.121. The molecule has 0 aliphatic rings. The number of nitrogens with zero attached hydrogens (tertiary/aromatic N) is 4. The van der Waals surface area contributed by atoms with Crippen molar-refractivity contribution < 1.29 is 4.79 Å². The Kier molecular flexibility index (Phi) is 4.52. The second-order valence-corrected chi connectivity index (χ2v) is 4.62. The molecular weight excluding hydrogens is 264 g/mol. The first kappa shape index (κ1) is 13.5. The number of hydrogen-bond donors (Lipinski definition) is 0. The number of para-hydroxylation sites is 1. The van der Waals surface area contributed by atoms with Crippen molar-refractivity contribution in [1.82, 2.24) is 14.8 Å². The maximum Gasteiger partial charge on any atom is 0.246 e. The van der Waals surface area contributed by atoms with Gasteiger partial charge >= 0.3 is 0 Å². The lowest BCUT2D eigenvalue weighted by atomic mass is 10.2. The molecule has 6 heteroatoms. The monoisotopic (exact) mass is 278 g/mol. The maximum absolute atomic E-state index is 12.3. The van der Waals surface area contributed by atoms with Gasteiger partial charge < -0.3 is 4.57 Å². The van der Waals surface area contributed by atoms with Crippen molar-refractivity contribution in [1.29, 1.82) is 0 Å². The topological polar surface area (TPSA) is 51.0 Å². The fourth-order valence-electron chi connectivity index (χ4n) is 1.69. The van der Waals surface area contributed by atoms with E-state index in [0.717, 1.165) is 5.69 Å². The number of carbonyl (C=O) groups excluding carboxylic acids is 1. The van der Waals surface area contributed by atoms with Crippen molar-refractivity contribution in [3.8, 4) is 0 Å². The summed E-state index contributed by atoms with van der Waals surface area (Å²) in [5, 5.41) is 6.94. The zero-order chi connectivity index (χ0) is 13.7. The van der Waals surface area contributed by atoms with Gasteiger partial charge in [0, 0.05) is 5.69 Å². The van der Waals surface area contributed by atoms with Crippen LogP contribution < -0.4 is 4.90 Å². The first-order valence-electron chi connectivity index (χ1n) is 6.05. The molecule has 1 atom stereocenters. The molecule has 2 aromatic rings. The highest BCUT2D eigenvalue weighted by Crippen LogP contribution is 2.18. The van der Waals surface area contributed by atoms with Crippen LogP contribution in [0.4, 0.5) is 5.69 Å². The van der Waals surface area contributed by atoms with E-state index in [1.807, 2.05) is 37.3 Å². The third-order valence-corrected chi connectivity index (χ3v) is 3.23. The van der Waals surface area contributed by atoms with Crippen molar-refractivity contribution in [3.05, 3.63) is 43.0 Å². The predicted octanol–water partition coefficient (Wildman–Crippen LogP) is 2.29. The zero-order valence-electron chi connectivity index (χ0n) is 10.6. The minimum absolute atomic E-state index is 0.121. The zero-order valence-corrected chi connectivity index (χ0v) is 11.4. The third kappa shape index (κ3) is 3.32. The Labute approximate surface area is 116 Å². The summed E-state index contributed by atoms with van der Waals surface area (Å²) in [6, 6.07) is 9.43. The van der Waals surface area contributed by atoms with Gasteiger partial charge in [0.15, 0.2) is 0 Å². The first-order valence-corrected chi connectivity index (χ1v) is 6.49. The summed E-state index contributed by atoms with van der Waals surface area (Å²) in [4.78, 5) is 14.0. The Morgan fingerprint density at radius 2 is 1.95 bits per heavy atom. The Balaban J connectivity index is 2.25. The molecule has 1 unspecified atom stereocenters. The summed E-state index contributed by atoms with van der Waals surface area (Å²) >= 11 is 6.07. The Morgan fingerprint density at radius 3 is 2.53 bits per heavy atom. The van der Waals surface area contributed by atoms with E-state index >= 15 is 0 Å². The molecule has 0 N–H and O–H groups in total. The summed E-state index contributed by atoms with van der Waals surface area (Å²) in [6.45, 7) is 2.23.